The van der Waals surface area contributed by atoms with Crippen LogP contribution in [0.15, 0.2) is 30.6 Å². The highest BCUT2D eigenvalue weighted by atomic mass is 32.1. The summed E-state index contributed by atoms with van der Waals surface area (Å²) < 4.78 is 1.74. The van der Waals surface area contributed by atoms with Crippen LogP contribution in [0.5, 0.6) is 0 Å². The first kappa shape index (κ1) is 7.24. The van der Waals surface area contributed by atoms with Gasteiger partial charge in [-0.05, 0) is 24.4 Å². The first-order valence-corrected chi connectivity index (χ1v) is 3.97. The van der Waals surface area contributed by atoms with Gasteiger partial charge >= 0.3 is 0 Å². The summed E-state index contributed by atoms with van der Waals surface area (Å²) in [5, 5.41) is 0.354. The quantitative estimate of drug-likeness (QED) is 0.457. The molecule has 0 spiro atoms. The lowest BCUT2D eigenvalue weighted by Gasteiger charge is -1.90. The second kappa shape index (κ2) is 2.57. The van der Waals surface area contributed by atoms with Gasteiger partial charge in [0, 0.05) is 0 Å². The summed E-state index contributed by atoms with van der Waals surface area (Å²) in [7, 11) is 0. The zero-order valence-electron chi connectivity index (χ0n) is 6.32. The number of aromatic nitrogens is 2. The second-order valence-corrected chi connectivity index (χ2v) is 2.92. The molecular weight excluding hydrogens is 170 g/mol. The molecule has 2 aromatic rings. The molecule has 0 saturated carbocycles. The monoisotopic (exact) mass is 178 g/mol. The Balaban J connectivity index is 2.79. The van der Waals surface area contributed by atoms with E-state index in [1.165, 1.54) is 0 Å². The topological polar surface area (TPSA) is 45.7 Å². The Morgan fingerprint density at radius 1 is 1.42 bits per heavy atom. The predicted molar refractivity (Wildman–Crippen MR) is 50.7 cm³/mol. The van der Waals surface area contributed by atoms with E-state index in [4.69, 9.17) is 18.0 Å². The molecular formula is C8H8N3S+. The van der Waals surface area contributed by atoms with Crippen molar-refractivity contribution in [1.29, 1.82) is 0 Å². The van der Waals surface area contributed by atoms with Gasteiger partial charge in [0.25, 0.3) is 5.11 Å². The summed E-state index contributed by atoms with van der Waals surface area (Å²) in [5.74, 6) is 0. The van der Waals surface area contributed by atoms with Crippen molar-refractivity contribution in [3.8, 4) is 0 Å². The number of benzene rings is 1. The Hall–Kier alpha value is -1.42. The first-order valence-electron chi connectivity index (χ1n) is 3.56. The molecule has 12 heavy (non-hydrogen) atoms. The summed E-state index contributed by atoms with van der Waals surface area (Å²) in [6.07, 6.45) is 1.76. The number of nitrogens with zero attached hydrogens (tertiary/aromatic N) is 1. The van der Waals surface area contributed by atoms with Gasteiger partial charge in [-0.3, -0.25) is 4.98 Å². The Morgan fingerprint density at radius 2 is 2.17 bits per heavy atom. The minimum atomic E-state index is 0.354. The van der Waals surface area contributed by atoms with E-state index in [1.807, 2.05) is 24.3 Å². The Kier molecular flexibility index (Phi) is 1.55. The van der Waals surface area contributed by atoms with E-state index in [0.29, 0.717) is 5.11 Å². The third-order valence-electron chi connectivity index (χ3n) is 1.75. The summed E-state index contributed by atoms with van der Waals surface area (Å²) in [5.41, 5.74) is 7.54. The number of hydrogen-bond acceptors (Lipinski definition) is 1. The van der Waals surface area contributed by atoms with E-state index >= 15 is 0 Å². The molecule has 2 rings (SSSR count). The van der Waals surface area contributed by atoms with Crippen molar-refractivity contribution >= 4 is 28.4 Å². The molecule has 0 aliphatic carbocycles. The molecule has 0 radical (unpaired) electrons. The molecule has 4 heteroatoms. The number of imidazole rings is 1. The van der Waals surface area contributed by atoms with Crippen LogP contribution in [-0.2, 0) is 0 Å². The predicted octanol–water partition coefficient (Wildman–Crippen LogP) is 0.547. The number of fused-ring (bicyclic) bond motifs is 1. The highest BCUT2D eigenvalue weighted by Gasteiger charge is 2.07. The summed E-state index contributed by atoms with van der Waals surface area (Å²) >= 11 is 4.86. The van der Waals surface area contributed by atoms with Crippen LogP contribution in [0, 0.1) is 0 Å². The lowest BCUT2D eigenvalue weighted by atomic mass is 10.3. The molecule has 0 aliphatic heterocycles. The van der Waals surface area contributed by atoms with Gasteiger partial charge in [-0.15, -0.1) is 0 Å². The summed E-state index contributed by atoms with van der Waals surface area (Å²) in [6.45, 7) is 0. The minimum Gasteiger partial charge on any atom is -0.308 e. The van der Waals surface area contributed by atoms with Crippen LogP contribution in [0.4, 0.5) is 0 Å². The van der Waals surface area contributed by atoms with Gasteiger partial charge < -0.3 is 5.73 Å². The fraction of sp³-hybridized carbons (Fsp3) is 0. The van der Waals surface area contributed by atoms with Gasteiger partial charge in [-0.2, -0.15) is 4.57 Å². The molecule has 1 aromatic carbocycles. The van der Waals surface area contributed by atoms with Crippen LogP contribution in [0.25, 0.3) is 11.0 Å². The van der Waals surface area contributed by atoms with E-state index in [1.54, 1.807) is 10.9 Å². The fourth-order valence-electron chi connectivity index (χ4n) is 1.19. The number of para-hydroxylation sites is 2. The smallest absolute Gasteiger partial charge is 0.292 e. The second-order valence-electron chi connectivity index (χ2n) is 2.50. The van der Waals surface area contributed by atoms with Crippen LogP contribution in [-0.4, -0.2) is 10.1 Å². The third kappa shape index (κ3) is 0.967. The van der Waals surface area contributed by atoms with Crippen molar-refractivity contribution < 1.29 is 4.57 Å². The van der Waals surface area contributed by atoms with Crippen molar-refractivity contribution in [2.45, 2.75) is 0 Å². The summed E-state index contributed by atoms with van der Waals surface area (Å²) in [6, 6.07) is 7.85. The normalized spacial score (nSPS) is 10.3. The van der Waals surface area contributed by atoms with Crippen molar-refractivity contribution in [1.82, 2.24) is 4.98 Å². The van der Waals surface area contributed by atoms with Crippen molar-refractivity contribution in [2.24, 2.45) is 5.73 Å². The number of rotatable bonds is 0. The van der Waals surface area contributed by atoms with Crippen LogP contribution < -0.4 is 10.3 Å². The van der Waals surface area contributed by atoms with Crippen LogP contribution in [0.2, 0.25) is 0 Å². The van der Waals surface area contributed by atoms with Gasteiger partial charge in [-0.1, -0.05) is 12.1 Å². The number of hydrogen-bond donors (Lipinski definition) is 2. The number of H-pyrrole nitrogens is 1. The lowest BCUT2D eigenvalue weighted by Crippen LogP contribution is -2.45. The minimum absolute atomic E-state index is 0.354. The van der Waals surface area contributed by atoms with Gasteiger partial charge in [0.2, 0.25) is 0 Å². The fourth-order valence-corrected chi connectivity index (χ4v) is 1.34. The van der Waals surface area contributed by atoms with E-state index in [0.717, 1.165) is 11.0 Å². The summed E-state index contributed by atoms with van der Waals surface area (Å²) in [4.78, 5) is 3.06. The van der Waals surface area contributed by atoms with Gasteiger partial charge in [-0.25, -0.2) is 0 Å². The molecule has 0 unspecified atom stereocenters. The van der Waals surface area contributed by atoms with E-state index in [-0.39, 0.29) is 0 Å². The molecule has 0 saturated heterocycles. The maximum atomic E-state index is 5.50. The van der Waals surface area contributed by atoms with Crippen molar-refractivity contribution in [2.75, 3.05) is 0 Å². The van der Waals surface area contributed by atoms with Crippen LogP contribution >= 0.6 is 12.2 Å². The van der Waals surface area contributed by atoms with E-state index in [2.05, 4.69) is 4.98 Å². The van der Waals surface area contributed by atoms with E-state index in [9.17, 15) is 0 Å². The van der Waals surface area contributed by atoms with Crippen molar-refractivity contribution in [3.63, 3.8) is 0 Å². The largest absolute Gasteiger partial charge is 0.308 e. The number of nitrogens with two attached hydrogens (primary N) is 1. The zero-order chi connectivity index (χ0) is 8.55. The van der Waals surface area contributed by atoms with Gasteiger partial charge in [0.05, 0.1) is 0 Å². The highest BCUT2D eigenvalue weighted by Crippen LogP contribution is 2.04. The molecule has 0 amide bonds. The molecule has 1 aromatic heterocycles. The van der Waals surface area contributed by atoms with Gasteiger partial charge in [0.1, 0.15) is 11.0 Å². The molecule has 1 heterocycles. The molecule has 0 bridgehead atoms. The first-order chi connectivity index (χ1) is 5.79. The molecule has 60 valence electrons. The SMILES string of the molecule is NC(=S)[n+]1c[nH]c2ccccc21. The van der Waals surface area contributed by atoms with Crippen LogP contribution in [0.1, 0.15) is 0 Å². The number of nitrogens with one attached hydrogen (secondary N) is 1. The lowest BCUT2D eigenvalue weighted by molar-refractivity contribution is -0.523. The number of thiocarbonyl (C=S) groups is 1. The van der Waals surface area contributed by atoms with Gasteiger partial charge in [0.15, 0.2) is 6.33 Å². The average Bonchev–Trinajstić information content (AvgIpc) is 2.47. The number of aromatic amines is 1. The van der Waals surface area contributed by atoms with Crippen LogP contribution in [0.3, 0.4) is 0 Å². The molecule has 0 atom stereocenters. The Bertz CT molecular complexity index is 433. The Morgan fingerprint density at radius 3 is 2.92 bits per heavy atom. The molecule has 3 N–H and O–H groups in total. The maximum Gasteiger partial charge on any atom is 0.292 e. The molecule has 3 nitrogen and oxygen atoms in total. The average molecular weight is 178 g/mol. The standard InChI is InChI=1S/C8H7N3S/c9-8(12)11-5-10-6-3-1-2-4-7(6)11/h1-5H,(H2,9,12)/p+1. The van der Waals surface area contributed by atoms with Crippen molar-refractivity contribution in [3.05, 3.63) is 30.6 Å². The molecule has 0 fully saturated rings. The third-order valence-corrected chi connectivity index (χ3v) is 1.95. The molecule has 0 aliphatic rings. The highest BCUT2D eigenvalue weighted by molar-refractivity contribution is 7.79. The van der Waals surface area contributed by atoms with E-state index < -0.39 is 0 Å². The zero-order valence-corrected chi connectivity index (χ0v) is 7.14. The maximum absolute atomic E-state index is 5.50. The Labute approximate surface area is 74.8 Å².